The number of aliphatic hydroxyl groups excluding tert-OH is 1. The van der Waals surface area contributed by atoms with Crippen LogP contribution in [0, 0.1) is 0 Å². The maximum Gasteiger partial charge on any atom is 0.270 e. The molecular formula is C10H16N2O2. The number of aromatic amines is 1. The minimum absolute atomic E-state index is 0.0457. The Morgan fingerprint density at radius 1 is 1.71 bits per heavy atom. The zero-order valence-corrected chi connectivity index (χ0v) is 8.53. The molecule has 4 nitrogen and oxygen atoms in total. The summed E-state index contributed by atoms with van der Waals surface area (Å²) in [4.78, 5) is 16.1. The molecule has 14 heavy (non-hydrogen) atoms. The SMILES string of the molecule is CC(O)CCN(C)C(=O)c1ccc[nH]1. The lowest BCUT2D eigenvalue weighted by atomic mass is 10.2. The highest BCUT2D eigenvalue weighted by Crippen LogP contribution is 2.01. The van der Waals surface area contributed by atoms with Crippen molar-refractivity contribution in [2.75, 3.05) is 13.6 Å². The molecular weight excluding hydrogens is 180 g/mol. The van der Waals surface area contributed by atoms with Crippen molar-refractivity contribution in [1.29, 1.82) is 0 Å². The Morgan fingerprint density at radius 2 is 2.43 bits per heavy atom. The molecule has 0 saturated heterocycles. The first kappa shape index (κ1) is 10.8. The first-order valence-corrected chi connectivity index (χ1v) is 4.68. The van der Waals surface area contributed by atoms with Gasteiger partial charge in [0, 0.05) is 19.8 Å². The summed E-state index contributed by atoms with van der Waals surface area (Å²) in [6.07, 6.45) is 1.95. The summed E-state index contributed by atoms with van der Waals surface area (Å²) in [5, 5.41) is 9.07. The van der Waals surface area contributed by atoms with Gasteiger partial charge in [0.05, 0.1) is 6.10 Å². The van der Waals surface area contributed by atoms with Gasteiger partial charge in [-0.1, -0.05) is 0 Å². The number of amides is 1. The number of nitrogens with zero attached hydrogens (tertiary/aromatic N) is 1. The van der Waals surface area contributed by atoms with Crippen LogP contribution in [0.3, 0.4) is 0 Å². The second-order valence-corrected chi connectivity index (χ2v) is 3.45. The largest absolute Gasteiger partial charge is 0.393 e. The Bertz CT molecular complexity index is 280. The van der Waals surface area contributed by atoms with Gasteiger partial charge < -0.3 is 15.0 Å². The predicted octanol–water partition coefficient (Wildman–Crippen LogP) is 0.858. The Hall–Kier alpha value is -1.29. The molecule has 0 spiro atoms. The predicted molar refractivity (Wildman–Crippen MR) is 54.1 cm³/mol. The van der Waals surface area contributed by atoms with Gasteiger partial charge in [0.2, 0.25) is 0 Å². The first-order valence-electron chi connectivity index (χ1n) is 4.68. The van der Waals surface area contributed by atoms with E-state index in [4.69, 9.17) is 5.11 Å². The van der Waals surface area contributed by atoms with E-state index in [-0.39, 0.29) is 12.0 Å². The molecule has 0 aliphatic rings. The maximum absolute atomic E-state index is 11.6. The molecule has 0 saturated carbocycles. The lowest BCUT2D eigenvalue weighted by molar-refractivity contribution is 0.0764. The van der Waals surface area contributed by atoms with Gasteiger partial charge in [-0.15, -0.1) is 0 Å². The number of carbonyl (C=O) groups excluding carboxylic acids is 1. The summed E-state index contributed by atoms with van der Waals surface area (Å²) >= 11 is 0. The normalized spacial score (nSPS) is 12.5. The zero-order chi connectivity index (χ0) is 10.6. The highest BCUT2D eigenvalue weighted by Gasteiger charge is 2.12. The third-order valence-electron chi connectivity index (χ3n) is 2.06. The topological polar surface area (TPSA) is 56.3 Å². The number of carbonyl (C=O) groups is 1. The van der Waals surface area contributed by atoms with E-state index < -0.39 is 0 Å². The molecule has 78 valence electrons. The molecule has 1 amide bonds. The van der Waals surface area contributed by atoms with Gasteiger partial charge in [-0.2, -0.15) is 0 Å². The molecule has 1 aromatic rings. The van der Waals surface area contributed by atoms with Crippen LogP contribution < -0.4 is 0 Å². The van der Waals surface area contributed by atoms with E-state index in [0.29, 0.717) is 18.7 Å². The highest BCUT2D eigenvalue weighted by molar-refractivity contribution is 5.92. The second kappa shape index (κ2) is 4.81. The third kappa shape index (κ3) is 2.88. The molecule has 0 fully saturated rings. The molecule has 1 rings (SSSR count). The molecule has 0 aliphatic carbocycles. The van der Waals surface area contributed by atoms with Gasteiger partial charge >= 0.3 is 0 Å². The van der Waals surface area contributed by atoms with E-state index in [1.165, 1.54) is 0 Å². The fourth-order valence-corrected chi connectivity index (χ4v) is 1.15. The summed E-state index contributed by atoms with van der Waals surface area (Å²) in [5.41, 5.74) is 0.582. The first-order chi connectivity index (χ1) is 6.61. The molecule has 0 bridgehead atoms. The van der Waals surface area contributed by atoms with Crippen LogP contribution >= 0.6 is 0 Å². The molecule has 2 N–H and O–H groups in total. The van der Waals surface area contributed by atoms with Crippen LogP contribution in [-0.4, -0.2) is 40.6 Å². The van der Waals surface area contributed by atoms with Crippen LogP contribution in [0.15, 0.2) is 18.3 Å². The van der Waals surface area contributed by atoms with E-state index in [1.54, 1.807) is 37.2 Å². The van der Waals surface area contributed by atoms with Crippen LogP contribution in [0.2, 0.25) is 0 Å². The molecule has 4 heteroatoms. The fourth-order valence-electron chi connectivity index (χ4n) is 1.15. The van der Waals surface area contributed by atoms with Crippen molar-refractivity contribution in [2.45, 2.75) is 19.4 Å². The average molecular weight is 196 g/mol. The number of H-pyrrole nitrogens is 1. The molecule has 1 aromatic heterocycles. The van der Waals surface area contributed by atoms with E-state index in [9.17, 15) is 4.79 Å². The zero-order valence-electron chi connectivity index (χ0n) is 8.53. The van der Waals surface area contributed by atoms with E-state index in [0.717, 1.165) is 0 Å². The van der Waals surface area contributed by atoms with Gasteiger partial charge in [0.1, 0.15) is 5.69 Å². The van der Waals surface area contributed by atoms with Gasteiger partial charge in [-0.25, -0.2) is 0 Å². The van der Waals surface area contributed by atoms with Crippen LogP contribution in [0.25, 0.3) is 0 Å². The highest BCUT2D eigenvalue weighted by atomic mass is 16.3. The third-order valence-corrected chi connectivity index (χ3v) is 2.06. The minimum atomic E-state index is -0.367. The summed E-state index contributed by atoms with van der Waals surface area (Å²) in [5.74, 6) is -0.0457. The maximum atomic E-state index is 11.6. The lowest BCUT2D eigenvalue weighted by Gasteiger charge is -2.16. The molecule has 1 unspecified atom stereocenters. The molecule has 1 atom stereocenters. The lowest BCUT2D eigenvalue weighted by Crippen LogP contribution is -2.29. The van der Waals surface area contributed by atoms with Crippen molar-refractivity contribution in [3.8, 4) is 0 Å². The second-order valence-electron chi connectivity index (χ2n) is 3.45. The van der Waals surface area contributed by atoms with Crippen LogP contribution in [0.1, 0.15) is 23.8 Å². The van der Waals surface area contributed by atoms with E-state index in [2.05, 4.69) is 4.98 Å². The number of aromatic nitrogens is 1. The van der Waals surface area contributed by atoms with Crippen LogP contribution in [-0.2, 0) is 0 Å². The summed E-state index contributed by atoms with van der Waals surface area (Å²) in [6.45, 7) is 2.28. The van der Waals surface area contributed by atoms with Crippen molar-refractivity contribution < 1.29 is 9.90 Å². The van der Waals surface area contributed by atoms with Gasteiger partial charge in [-0.05, 0) is 25.5 Å². The van der Waals surface area contributed by atoms with Crippen LogP contribution in [0.5, 0.6) is 0 Å². The Kier molecular flexibility index (Phi) is 3.71. The molecule has 0 aromatic carbocycles. The van der Waals surface area contributed by atoms with Crippen molar-refractivity contribution in [3.63, 3.8) is 0 Å². The Balaban J connectivity index is 2.45. The smallest absolute Gasteiger partial charge is 0.270 e. The molecule has 0 aliphatic heterocycles. The monoisotopic (exact) mass is 196 g/mol. The summed E-state index contributed by atoms with van der Waals surface area (Å²) in [6, 6.07) is 3.52. The molecule has 0 radical (unpaired) electrons. The standard InChI is InChI=1S/C10H16N2O2/c1-8(13)5-7-12(2)10(14)9-4-3-6-11-9/h3-4,6,8,11,13H,5,7H2,1-2H3. The average Bonchev–Trinajstić information content (AvgIpc) is 2.65. The number of hydrogen-bond acceptors (Lipinski definition) is 2. The van der Waals surface area contributed by atoms with E-state index >= 15 is 0 Å². The summed E-state index contributed by atoms with van der Waals surface area (Å²) in [7, 11) is 1.73. The van der Waals surface area contributed by atoms with Gasteiger partial charge in [0.15, 0.2) is 0 Å². The Labute approximate surface area is 83.5 Å². The number of aliphatic hydroxyl groups is 1. The van der Waals surface area contributed by atoms with Gasteiger partial charge in [-0.3, -0.25) is 4.79 Å². The van der Waals surface area contributed by atoms with E-state index in [1.807, 2.05) is 0 Å². The van der Waals surface area contributed by atoms with Crippen molar-refractivity contribution in [1.82, 2.24) is 9.88 Å². The summed E-state index contributed by atoms with van der Waals surface area (Å²) < 4.78 is 0. The van der Waals surface area contributed by atoms with Crippen molar-refractivity contribution >= 4 is 5.91 Å². The number of nitrogens with one attached hydrogen (secondary N) is 1. The Morgan fingerprint density at radius 3 is 2.93 bits per heavy atom. The fraction of sp³-hybridized carbons (Fsp3) is 0.500. The van der Waals surface area contributed by atoms with Gasteiger partial charge in [0.25, 0.3) is 5.91 Å². The number of hydrogen-bond donors (Lipinski definition) is 2. The van der Waals surface area contributed by atoms with Crippen LogP contribution in [0.4, 0.5) is 0 Å². The minimum Gasteiger partial charge on any atom is -0.393 e. The number of rotatable bonds is 4. The van der Waals surface area contributed by atoms with Crippen molar-refractivity contribution in [2.24, 2.45) is 0 Å². The quantitative estimate of drug-likeness (QED) is 0.750. The molecule has 1 heterocycles. The van der Waals surface area contributed by atoms with Crippen molar-refractivity contribution in [3.05, 3.63) is 24.0 Å².